The fourth-order valence-corrected chi connectivity index (χ4v) is 6.01. The summed E-state index contributed by atoms with van der Waals surface area (Å²) in [4.78, 5) is 0. The van der Waals surface area contributed by atoms with E-state index in [0.717, 1.165) is 36.6 Å². The van der Waals surface area contributed by atoms with Gasteiger partial charge in [0.25, 0.3) is 5.01 Å². The monoisotopic (exact) mass is 463 g/mol. The number of fused-ring (bicyclic) bond motifs is 3. The zero-order valence-corrected chi connectivity index (χ0v) is 18.4. The molecule has 0 aliphatic carbocycles. The SMILES string of the molecule is COc1cc2sc(C=Cc3cccc(F)c3)[n+](CCCS(=O)(=O)[O-])c2c2sccc12. The molecule has 0 aliphatic rings. The van der Waals surface area contributed by atoms with Gasteiger partial charge in [0.15, 0.2) is 6.54 Å². The Morgan fingerprint density at radius 3 is 2.80 bits per heavy atom. The second-order valence-corrected chi connectivity index (χ2v) is 10.2. The van der Waals surface area contributed by atoms with Crippen molar-refractivity contribution in [2.24, 2.45) is 0 Å². The second kappa shape index (κ2) is 8.43. The van der Waals surface area contributed by atoms with E-state index in [-0.39, 0.29) is 12.2 Å². The molecule has 0 amide bonds. The molecule has 9 heteroatoms. The summed E-state index contributed by atoms with van der Waals surface area (Å²) < 4.78 is 56.3. The number of ether oxygens (including phenoxy) is 1. The molecule has 5 nitrogen and oxygen atoms in total. The van der Waals surface area contributed by atoms with Crippen LogP contribution in [0.15, 0.2) is 41.8 Å². The lowest BCUT2D eigenvalue weighted by Gasteiger charge is -2.05. The van der Waals surface area contributed by atoms with Gasteiger partial charge >= 0.3 is 0 Å². The van der Waals surface area contributed by atoms with Gasteiger partial charge < -0.3 is 9.29 Å². The number of halogens is 1. The molecule has 0 unspecified atom stereocenters. The van der Waals surface area contributed by atoms with Crippen molar-refractivity contribution in [3.05, 3.63) is 58.2 Å². The van der Waals surface area contributed by atoms with Crippen LogP contribution in [0, 0.1) is 5.82 Å². The van der Waals surface area contributed by atoms with Crippen molar-refractivity contribution in [1.29, 1.82) is 0 Å². The van der Waals surface area contributed by atoms with Gasteiger partial charge in [0, 0.05) is 29.7 Å². The molecule has 0 spiro atoms. The van der Waals surface area contributed by atoms with Gasteiger partial charge in [0.1, 0.15) is 21.0 Å². The van der Waals surface area contributed by atoms with Crippen molar-refractivity contribution in [3.63, 3.8) is 0 Å². The molecular weight excluding hydrogens is 445 g/mol. The molecule has 2 aromatic carbocycles. The van der Waals surface area contributed by atoms with E-state index < -0.39 is 15.9 Å². The molecule has 0 saturated heterocycles. The lowest BCUT2D eigenvalue weighted by molar-refractivity contribution is -0.667. The van der Waals surface area contributed by atoms with Crippen LogP contribution in [0.2, 0.25) is 0 Å². The number of nitrogens with zero attached hydrogens (tertiary/aromatic N) is 1. The number of hydrogen-bond acceptors (Lipinski definition) is 6. The molecule has 0 atom stereocenters. The number of benzene rings is 2. The minimum absolute atomic E-state index is 0.210. The van der Waals surface area contributed by atoms with Gasteiger partial charge in [-0.15, -0.1) is 11.3 Å². The molecule has 4 rings (SSSR count). The van der Waals surface area contributed by atoms with Crippen LogP contribution >= 0.6 is 22.7 Å². The van der Waals surface area contributed by atoms with E-state index in [9.17, 15) is 17.4 Å². The van der Waals surface area contributed by atoms with Crippen LogP contribution in [-0.4, -0.2) is 25.8 Å². The van der Waals surface area contributed by atoms with Crippen LogP contribution in [0.3, 0.4) is 0 Å². The molecular formula is C21H18FNO4S3. The van der Waals surface area contributed by atoms with Crippen LogP contribution in [0.25, 0.3) is 32.5 Å². The summed E-state index contributed by atoms with van der Waals surface area (Å²) in [5.41, 5.74) is 1.70. The van der Waals surface area contributed by atoms with Crippen LogP contribution in [0.1, 0.15) is 17.0 Å². The maximum Gasteiger partial charge on any atom is 0.262 e. The summed E-state index contributed by atoms with van der Waals surface area (Å²) in [5, 5.41) is 3.85. The summed E-state index contributed by atoms with van der Waals surface area (Å²) in [6.45, 7) is 0.379. The highest BCUT2D eigenvalue weighted by molar-refractivity contribution is 7.85. The fraction of sp³-hybridized carbons (Fsp3) is 0.190. The molecule has 156 valence electrons. The average molecular weight is 464 g/mol. The average Bonchev–Trinajstić information content (AvgIpc) is 3.29. The smallest absolute Gasteiger partial charge is 0.262 e. The largest absolute Gasteiger partial charge is 0.748 e. The van der Waals surface area contributed by atoms with Gasteiger partial charge in [-0.05, 0) is 35.2 Å². The predicted molar refractivity (Wildman–Crippen MR) is 118 cm³/mol. The van der Waals surface area contributed by atoms with Crippen molar-refractivity contribution in [3.8, 4) is 5.75 Å². The van der Waals surface area contributed by atoms with E-state index in [0.29, 0.717) is 6.54 Å². The number of methoxy groups -OCH3 is 1. The van der Waals surface area contributed by atoms with Crippen molar-refractivity contribution in [1.82, 2.24) is 0 Å². The van der Waals surface area contributed by atoms with E-state index in [2.05, 4.69) is 0 Å². The Hall–Kier alpha value is -2.33. The van der Waals surface area contributed by atoms with Gasteiger partial charge in [-0.1, -0.05) is 23.5 Å². The van der Waals surface area contributed by atoms with E-state index in [4.69, 9.17) is 4.74 Å². The summed E-state index contributed by atoms with van der Waals surface area (Å²) >= 11 is 3.12. The van der Waals surface area contributed by atoms with E-state index in [1.165, 1.54) is 23.5 Å². The fourth-order valence-electron chi connectivity index (χ4n) is 3.37. The number of thiazole rings is 1. The molecule has 0 radical (unpaired) electrons. The van der Waals surface area contributed by atoms with Crippen molar-refractivity contribution in [2.45, 2.75) is 13.0 Å². The highest BCUT2D eigenvalue weighted by Crippen LogP contribution is 2.38. The first-order chi connectivity index (χ1) is 14.4. The lowest BCUT2D eigenvalue weighted by Crippen LogP contribution is -2.36. The first kappa shape index (κ1) is 20.9. The van der Waals surface area contributed by atoms with Crippen molar-refractivity contribution >= 4 is 65.2 Å². The van der Waals surface area contributed by atoms with Crippen LogP contribution in [0.4, 0.5) is 4.39 Å². The maximum absolute atomic E-state index is 13.5. The molecule has 30 heavy (non-hydrogen) atoms. The van der Waals surface area contributed by atoms with Crippen molar-refractivity contribution < 1.29 is 26.7 Å². The summed E-state index contributed by atoms with van der Waals surface area (Å²) in [6, 6.07) is 10.2. The zero-order valence-electron chi connectivity index (χ0n) is 16.0. The third-order valence-electron chi connectivity index (χ3n) is 4.65. The first-order valence-corrected chi connectivity index (χ1v) is 12.4. The Morgan fingerprint density at radius 1 is 1.23 bits per heavy atom. The van der Waals surface area contributed by atoms with Gasteiger partial charge in [0.2, 0.25) is 5.52 Å². The van der Waals surface area contributed by atoms with Gasteiger partial charge in [-0.2, -0.15) is 4.57 Å². The normalized spacial score (nSPS) is 12.4. The summed E-state index contributed by atoms with van der Waals surface area (Å²) in [6.07, 6.45) is 3.91. The third kappa shape index (κ3) is 4.39. The highest BCUT2D eigenvalue weighted by atomic mass is 32.2. The minimum Gasteiger partial charge on any atom is -0.748 e. The third-order valence-corrected chi connectivity index (χ3v) is 7.46. The van der Waals surface area contributed by atoms with E-state index in [1.54, 1.807) is 24.5 Å². The second-order valence-electron chi connectivity index (χ2n) is 6.68. The van der Waals surface area contributed by atoms with Gasteiger partial charge in [-0.25, -0.2) is 12.8 Å². The van der Waals surface area contributed by atoms with Crippen LogP contribution in [-0.2, 0) is 16.7 Å². The maximum atomic E-state index is 13.5. The Balaban J connectivity index is 1.84. The quantitative estimate of drug-likeness (QED) is 0.295. The molecule has 0 aliphatic heterocycles. The molecule has 0 saturated carbocycles. The predicted octanol–water partition coefficient (Wildman–Crippen LogP) is 4.66. The highest BCUT2D eigenvalue weighted by Gasteiger charge is 2.24. The Bertz CT molecular complexity index is 1360. The van der Waals surface area contributed by atoms with Gasteiger partial charge in [-0.3, -0.25) is 0 Å². The summed E-state index contributed by atoms with van der Waals surface area (Å²) in [7, 11) is -2.65. The molecule has 4 aromatic rings. The number of rotatable bonds is 7. The topological polar surface area (TPSA) is 70.3 Å². The molecule has 0 fully saturated rings. The van der Waals surface area contributed by atoms with Crippen molar-refractivity contribution in [2.75, 3.05) is 12.9 Å². The number of aromatic nitrogens is 1. The van der Waals surface area contributed by atoms with E-state index in [1.807, 2.05) is 40.3 Å². The summed E-state index contributed by atoms with van der Waals surface area (Å²) in [5.74, 6) is 0.0377. The Morgan fingerprint density at radius 2 is 2.07 bits per heavy atom. The van der Waals surface area contributed by atoms with Gasteiger partial charge in [0.05, 0.1) is 17.2 Å². The molecule has 0 bridgehead atoms. The van der Waals surface area contributed by atoms with E-state index >= 15 is 0 Å². The molecule has 2 heterocycles. The first-order valence-electron chi connectivity index (χ1n) is 9.13. The Labute approximate surface area is 181 Å². The van der Waals surface area contributed by atoms with Crippen LogP contribution in [0.5, 0.6) is 5.75 Å². The molecule has 2 aromatic heterocycles. The number of aryl methyl sites for hydroxylation is 1. The minimum atomic E-state index is -4.28. The van der Waals surface area contributed by atoms with Crippen LogP contribution < -0.4 is 9.30 Å². The molecule has 0 N–H and O–H groups in total. The Kier molecular flexibility index (Phi) is 5.88. The number of thiophene rings is 1. The standard InChI is InChI=1S/C21H18FNO4S3/c1-27-17-13-18-20(21-16(17)8-10-28-21)23(9-3-11-30(24,25)26)19(29-18)7-6-14-4-2-5-15(22)12-14/h2,4-8,10,12-13H,3,9,11H2,1H3. The zero-order chi connectivity index (χ0) is 21.3. The lowest BCUT2D eigenvalue weighted by atomic mass is 10.2. The number of hydrogen-bond donors (Lipinski definition) is 0.